The van der Waals surface area contributed by atoms with Crippen molar-refractivity contribution in [2.45, 2.75) is 31.1 Å². The number of nitrogens with zero attached hydrogens (tertiary/aromatic N) is 3. The number of amides is 1. The van der Waals surface area contributed by atoms with Gasteiger partial charge in [-0.15, -0.1) is 10.2 Å². The van der Waals surface area contributed by atoms with Crippen LogP contribution in [0.2, 0.25) is 0 Å². The predicted molar refractivity (Wildman–Crippen MR) is 93.4 cm³/mol. The van der Waals surface area contributed by atoms with E-state index >= 15 is 0 Å². The molecule has 25 heavy (non-hydrogen) atoms. The molecule has 0 radical (unpaired) electrons. The minimum atomic E-state index is -3.70. The third kappa shape index (κ3) is 5.28. The fraction of sp³-hybridized carbons (Fsp3) is 0.400. The van der Waals surface area contributed by atoms with E-state index in [0.29, 0.717) is 11.6 Å². The molecule has 0 spiro atoms. The highest BCUT2D eigenvalue weighted by Crippen LogP contribution is 2.17. The Morgan fingerprint density at radius 3 is 2.56 bits per heavy atom. The molecule has 136 valence electrons. The minimum absolute atomic E-state index is 0.0156. The second-order valence-electron chi connectivity index (χ2n) is 5.29. The largest absolute Gasteiger partial charge is 0.301 e. The molecule has 0 unspecified atom stereocenters. The van der Waals surface area contributed by atoms with Crippen molar-refractivity contribution in [3.8, 4) is 0 Å². The number of sulfonamides is 1. The maximum absolute atomic E-state index is 12.9. The number of carbonyl (C=O) groups is 1. The van der Waals surface area contributed by atoms with Gasteiger partial charge in [-0.1, -0.05) is 18.3 Å². The van der Waals surface area contributed by atoms with E-state index in [0.717, 1.165) is 27.9 Å². The molecular formula is C15H19FN4O3S2. The summed E-state index contributed by atoms with van der Waals surface area (Å²) in [5, 5.41) is 11.7. The Morgan fingerprint density at radius 1 is 1.28 bits per heavy atom. The summed E-state index contributed by atoms with van der Waals surface area (Å²) in [5.41, 5.74) is 0. The van der Waals surface area contributed by atoms with E-state index in [1.54, 1.807) is 0 Å². The Bertz CT molecular complexity index is 822. The van der Waals surface area contributed by atoms with Gasteiger partial charge in [-0.25, -0.2) is 17.1 Å². The van der Waals surface area contributed by atoms with Crippen LogP contribution in [-0.4, -0.2) is 42.4 Å². The van der Waals surface area contributed by atoms with Gasteiger partial charge in [0.25, 0.3) is 0 Å². The molecule has 0 fully saturated rings. The van der Waals surface area contributed by atoms with E-state index in [1.165, 1.54) is 30.5 Å². The number of aryl methyl sites for hydroxylation is 1. The van der Waals surface area contributed by atoms with Crippen molar-refractivity contribution in [1.82, 2.24) is 14.5 Å². The molecule has 2 aromatic rings. The molecule has 1 aromatic heterocycles. The highest BCUT2D eigenvalue weighted by atomic mass is 32.2. The molecule has 0 aliphatic carbocycles. The topological polar surface area (TPSA) is 92.3 Å². The van der Waals surface area contributed by atoms with Crippen LogP contribution >= 0.6 is 11.3 Å². The van der Waals surface area contributed by atoms with E-state index in [4.69, 9.17) is 0 Å². The van der Waals surface area contributed by atoms with Gasteiger partial charge < -0.3 is 5.32 Å². The smallest absolute Gasteiger partial charge is 0.242 e. The van der Waals surface area contributed by atoms with Crippen LogP contribution in [0.4, 0.5) is 9.52 Å². The molecule has 1 N–H and O–H groups in total. The van der Waals surface area contributed by atoms with Gasteiger partial charge in [0.2, 0.25) is 21.1 Å². The van der Waals surface area contributed by atoms with Crippen molar-refractivity contribution >= 4 is 32.4 Å². The van der Waals surface area contributed by atoms with Crippen molar-refractivity contribution in [1.29, 1.82) is 0 Å². The molecule has 0 saturated carbocycles. The predicted octanol–water partition coefficient (Wildman–Crippen LogP) is 2.28. The lowest BCUT2D eigenvalue weighted by molar-refractivity contribution is -0.116. The van der Waals surface area contributed by atoms with Crippen LogP contribution in [-0.2, 0) is 21.2 Å². The second kappa shape index (κ2) is 8.45. The summed E-state index contributed by atoms with van der Waals surface area (Å²) >= 11 is 1.31. The lowest BCUT2D eigenvalue weighted by Crippen LogP contribution is -2.28. The van der Waals surface area contributed by atoms with Gasteiger partial charge in [-0.2, -0.15) is 0 Å². The molecule has 0 atom stereocenters. The van der Waals surface area contributed by atoms with Crippen LogP contribution < -0.4 is 5.32 Å². The Labute approximate surface area is 149 Å². The number of anilines is 1. The zero-order valence-corrected chi connectivity index (χ0v) is 15.5. The van der Waals surface area contributed by atoms with E-state index in [9.17, 15) is 17.6 Å². The van der Waals surface area contributed by atoms with Crippen LogP contribution in [0.25, 0.3) is 0 Å². The molecular weight excluding hydrogens is 367 g/mol. The van der Waals surface area contributed by atoms with Crippen molar-refractivity contribution in [3.63, 3.8) is 0 Å². The van der Waals surface area contributed by atoms with Crippen LogP contribution in [0.3, 0.4) is 0 Å². The summed E-state index contributed by atoms with van der Waals surface area (Å²) in [6.07, 6.45) is 1.26. The lowest BCUT2D eigenvalue weighted by atomic mass is 10.3. The summed E-state index contributed by atoms with van der Waals surface area (Å²) in [6, 6.07) is 4.63. The summed E-state index contributed by atoms with van der Waals surface area (Å²) < 4.78 is 38.7. The standard InChI is InChI=1S/C15H19FN4O3S2/c1-3-14-18-19-15(24-14)17-13(21)5-4-10-20(2)25(22,23)12-8-6-11(16)7-9-12/h6-9H,3-5,10H2,1-2H3,(H,17,19,21). The zero-order valence-electron chi connectivity index (χ0n) is 13.9. The molecule has 0 bridgehead atoms. The molecule has 0 aliphatic rings. The molecule has 0 aliphatic heterocycles. The molecule has 2 rings (SSSR count). The quantitative estimate of drug-likeness (QED) is 0.751. The summed E-state index contributed by atoms with van der Waals surface area (Å²) in [6.45, 7) is 2.12. The first-order valence-corrected chi connectivity index (χ1v) is 9.92. The third-order valence-electron chi connectivity index (χ3n) is 3.41. The summed E-state index contributed by atoms with van der Waals surface area (Å²) in [4.78, 5) is 11.9. The lowest BCUT2D eigenvalue weighted by Gasteiger charge is -2.16. The van der Waals surface area contributed by atoms with Crippen molar-refractivity contribution in [2.75, 3.05) is 18.9 Å². The van der Waals surface area contributed by atoms with Gasteiger partial charge >= 0.3 is 0 Å². The van der Waals surface area contributed by atoms with E-state index in [2.05, 4.69) is 15.5 Å². The van der Waals surface area contributed by atoms with E-state index < -0.39 is 15.8 Å². The van der Waals surface area contributed by atoms with Crippen molar-refractivity contribution in [3.05, 3.63) is 35.1 Å². The van der Waals surface area contributed by atoms with Gasteiger partial charge in [0.05, 0.1) is 4.90 Å². The number of aromatic nitrogens is 2. The molecule has 0 saturated heterocycles. The highest BCUT2D eigenvalue weighted by Gasteiger charge is 2.20. The van der Waals surface area contributed by atoms with Gasteiger partial charge in [-0.3, -0.25) is 4.79 Å². The Hall–Kier alpha value is -1.91. The van der Waals surface area contributed by atoms with Crippen LogP contribution in [0.15, 0.2) is 29.2 Å². The fourth-order valence-corrected chi connectivity index (χ4v) is 3.90. The average Bonchev–Trinajstić information content (AvgIpc) is 3.02. The number of rotatable bonds is 8. The number of carbonyl (C=O) groups excluding carboxylic acids is 1. The first-order chi connectivity index (χ1) is 11.8. The van der Waals surface area contributed by atoms with Crippen LogP contribution in [0.5, 0.6) is 0 Å². The van der Waals surface area contributed by atoms with Gasteiger partial charge in [0, 0.05) is 20.0 Å². The molecule has 1 heterocycles. The highest BCUT2D eigenvalue weighted by molar-refractivity contribution is 7.89. The van der Waals surface area contributed by atoms with E-state index in [1.807, 2.05) is 6.92 Å². The fourth-order valence-electron chi connectivity index (χ4n) is 2.00. The number of hydrogen-bond donors (Lipinski definition) is 1. The van der Waals surface area contributed by atoms with Crippen molar-refractivity contribution in [2.24, 2.45) is 0 Å². The summed E-state index contributed by atoms with van der Waals surface area (Å²) in [7, 11) is -2.27. The van der Waals surface area contributed by atoms with Gasteiger partial charge in [-0.05, 0) is 37.1 Å². The van der Waals surface area contributed by atoms with Crippen molar-refractivity contribution < 1.29 is 17.6 Å². The second-order valence-corrected chi connectivity index (χ2v) is 8.39. The number of nitrogens with one attached hydrogen (secondary N) is 1. The zero-order chi connectivity index (χ0) is 18.4. The number of hydrogen-bond acceptors (Lipinski definition) is 6. The van der Waals surface area contributed by atoms with Crippen LogP contribution in [0.1, 0.15) is 24.8 Å². The number of benzene rings is 1. The Balaban J connectivity index is 1.83. The number of halogens is 1. The molecule has 10 heteroatoms. The van der Waals surface area contributed by atoms with Gasteiger partial charge in [0.1, 0.15) is 10.8 Å². The first-order valence-electron chi connectivity index (χ1n) is 7.67. The average molecular weight is 386 g/mol. The van der Waals surface area contributed by atoms with Gasteiger partial charge in [0.15, 0.2) is 0 Å². The SMILES string of the molecule is CCc1nnc(NC(=O)CCCN(C)S(=O)(=O)c2ccc(F)cc2)s1. The monoisotopic (exact) mass is 386 g/mol. The normalized spacial score (nSPS) is 11.7. The molecule has 1 amide bonds. The Morgan fingerprint density at radius 2 is 1.96 bits per heavy atom. The molecule has 1 aromatic carbocycles. The first kappa shape index (κ1) is 19.4. The summed E-state index contributed by atoms with van der Waals surface area (Å²) in [5.74, 6) is -0.743. The Kier molecular flexibility index (Phi) is 6.57. The maximum atomic E-state index is 12.9. The maximum Gasteiger partial charge on any atom is 0.242 e. The minimum Gasteiger partial charge on any atom is -0.301 e. The van der Waals surface area contributed by atoms with E-state index in [-0.39, 0.29) is 23.8 Å². The van der Waals surface area contributed by atoms with Crippen LogP contribution in [0, 0.1) is 5.82 Å². The third-order valence-corrected chi connectivity index (χ3v) is 6.27. The molecule has 7 nitrogen and oxygen atoms in total.